The Morgan fingerprint density at radius 2 is 2.04 bits per heavy atom. The van der Waals surface area contributed by atoms with Gasteiger partial charge in [0.25, 0.3) is 5.91 Å². The molecule has 154 valence electrons. The summed E-state index contributed by atoms with van der Waals surface area (Å²) in [5, 5.41) is 7.12. The summed E-state index contributed by atoms with van der Waals surface area (Å²) in [7, 11) is 0. The SMILES string of the molecule is NCCCC(=O)N1CCC(NC(=O)c2cc(C3CC3)on2)CC12CCCCC2. The first kappa shape index (κ1) is 19.4. The van der Waals surface area contributed by atoms with E-state index in [1.807, 2.05) is 0 Å². The Hall–Kier alpha value is -1.89. The maximum absolute atomic E-state index is 12.8. The van der Waals surface area contributed by atoms with Crippen molar-refractivity contribution in [3.05, 3.63) is 17.5 Å². The second kappa shape index (κ2) is 8.23. The number of rotatable bonds is 6. The number of hydrogen-bond acceptors (Lipinski definition) is 5. The fourth-order valence-corrected chi connectivity index (χ4v) is 4.99. The third-order valence-electron chi connectivity index (χ3n) is 6.66. The minimum atomic E-state index is -0.158. The third-order valence-corrected chi connectivity index (χ3v) is 6.66. The van der Waals surface area contributed by atoms with Crippen LogP contribution in [-0.2, 0) is 4.79 Å². The largest absolute Gasteiger partial charge is 0.360 e. The number of hydrogen-bond donors (Lipinski definition) is 2. The first-order chi connectivity index (χ1) is 13.6. The number of piperidine rings is 1. The van der Waals surface area contributed by atoms with E-state index in [1.54, 1.807) is 6.07 Å². The average molecular weight is 389 g/mol. The van der Waals surface area contributed by atoms with Crippen LogP contribution in [0.2, 0.25) is 0 Å². The predicted molar refractivity (Wildman–Crippen MR) is 105 cm³/mol. The maximum Gasteiger partial charge on any atom is 0.273 e. The number of nitrogens with one attached hydrogen (secondary N) is 1. The molecule has 3 aliphatic rings. The summed E-state index contributed by atoms with van der Waals surface area (Å²) in [5.74, 6) is 1.34. The van der Waals surface area contributed by atoms with E-state index >= 15 is 0 Å². The Kier molecular flexibility index (Phi) is 5.71. The van der Waals surface area contributed by atoms with Crippen LogP contribution in [0.4, 0.5) is 0 Å². The lowest BCUT2D eigenvalue weighted by Crippen LogP contribution is -2.60. The van der Waals surface area contributed by atoms with Gasteiger partial charge < -0.3 is 20.5 Å². The van der Waals surface area contributed by atoms with Crippen LogP contribution in [-0.4, -0.2) is 46.5 Å². The topological polar surface area (TPSA) is 101 Å². The Morgan fingerprint density at radius 3 is 2.75 bits per heavy atom. The van der Waals surface area contributed by atoms with Crippen molar-refractivity contribution in [2.24, 2.45) is 5.73 Å². The Labute approximate surface area is 166 Å². The van der Waals surface area contributed by atoms with Crippen LogP contribution in [0, 0.1) is 0 Å². The van der Waals surface area contributed by atoms with Gasteiger partial charge >= 0.3 is 0 Å². The summed E-state index contributed by atoms with van der Waals surface area (Å²) >= 11 is 0. The van der Waals surface area contributed by atoms with Crippen molar-refractivity contribution in [1.82, 2.24) is 15.4 Å². The van der Waals surface area contributed by atoms with E-state index in [0.717, 1.165) is 63.5 Å². The van der Waals surface area contributed by atoms with Gasteiger partial charge in [-0.25, -0.2) is 0 Å². The molecule has 3 N–H and O–H groups in total. The van der Waals surface area contributed by atoms with Crippen molar-refractivity contribution in [3.63, 3.8) is 0 Å². The molecular weight excluding hydrogens is 356 g/mol. The maximum atomic E-state index is 12.8. The van der Waals surface area contributed by atoms with E-state index in [4.69, 9.17) is 10.3 Å². The minimum absolute atomic E-state index is 0.0743. The fourth-order valence-electron chi connectivity index (χ4n) is 4.99. The standard InChI is InChI=1S/C21H32N4O3/c22-11-4-5-19(26)25-12-8-16(14-21(25)9-2-1-3-10-21)23-20(27)17-13-18(28-24-17)15-6-7-15/h13,15-16H,1-12,14,22H2,(H,23,27). The van der Waals surface area contributed by atoms with Gasteiger partial charge in [-0.2, -0.15) is 0 Å². The quantitative estimate of drug-likeness (QED) is 0.780. The van der Waals surface area contributed by atoms with Crippen molar-refractivity contribution in [3.8, 4) is 0 Å². The molecule has 7 nitrogen and oxygen atoms in total. The van der Waals surface area contributed by atoms with Gasteiger partial charge in [-0.05, 0) is 51.5 Å². The molecule has 1 aromatic heterocycles. The molecule has 2 saturated carbocycles. The Morgan fingerprint density at radius 1 is 1.25 bits per heavy atom. The highest BCUT2D eigenvalue weighted by molar-refractivity contribution is 5.92. The normalized spacial score (nSPS) is 24.3. The highest BCUT2D eigenvalue weighted by Crippen LogP contribution is 2.42. The lowest BCUT2D eigenvalue weighted by molar-refractivity contribution is -0.142. The van der Waals surface area contributed by atoms with Crippen LogP contribution in [0.1, 0.15) is 92.8 Å². The molecule has 1 saturated heterocycles. The molecule has 2 heterocycles. The number of nitrogens with two attached hydrogens (primary N) is 1. The molecule has 1 aliphatic heterocycles. The number of likely N-dealkylation sites (tertiary alicyclic amines) is 1. The summed E-state index contributed by atoms with van der Waals surface area (Å²) in [5.41, 5.74) is 5.87. The Bertz CT molecular complexity index is 706. The second-order valence-electron chi connectivity index (χ2n) is 8.77. The number of carbonyl (C=O) groups excluding carboxylic acids is 2. The van der Waals surface area contributed by atoms with Crippen LogP contribution in [0.5, 0.6) is 0 Å². The van der Waals surface area contributed by atoms with E-state index in [9.17, 15) is 9.59 Å². The molecule has 4 rings (SSSR count). The van der Waals surface area contributed by atoms with E-state index in [-0.39, 0.29) is 23.4 Å². The summed E-state index contributed by atoms with van der Waals surface area (Å²) in [4.78, 5) is 27.6. The van der Waals surface area contributed by atoms with E-state index < -0.39 is 0 Å². The average Bonchev–Trinajstić information content (AvgIpc) is 3.43. The first-order valence-corrected chi connectivity index (χ1v) is 10.9. The summed E-state index contributed by atoms with van der Waals surface area (Å²) < 4.78 is 5.32. The van der Waals surface area contributed by atoms with Gasteiger partial charge in [-0.1, -0.05) is 24.4 Å². The van der Waals surface area contributed by atoms with Crippen LogP contribution in [0.15, 0.2) is 10.6 Å². The molecule has 1 unspecified atom stereocenters. The number of carbonyl (C=O) groups is 2. The molecule has 7 heteroatoms. The summed E-state index contributed by atoms with van der Waals surface area (Å²) in [6.07, 6.45) is 10.7. The first-order valence-electron chi connectivity index (χ1n) is 10.9. The zero-order valence-electron chi connectivity index (χ0n) is 16.6. The van der Waals surface area contributed by atoms with Gasteiger partial charge in [-0.15, -0.1) is 0 Å². The summed E-state index contributed by atoms with van der Waals surface area (Å²) in [6.45, 7) is 1.26. The number of nitrogens with zero attached hydrogens (tertiary/aromatic N) is 2. The monoisotopic (exact) mass is 388 g/mol. The van der Waals surface area contributed by atoms with Gasteiger partial charge in [0.2, 0.25) is 5.91 Å². The van der Waals surface area contributed by atoms with Crippen molar-refractivity contribution in [2.45, 2.75) is 88.1 Å². The van der Waals surface area contributed by atoms with Crippen LogP contribution < -0.4 is 11.1 Å². The zero-order chi connectivity index (χ0) is 19.6. The van der Waals surface area contributed by atoms with Crippen LogP contribution >= 0.6 is 0 Å². The van der Waals surface area contributed by atoms with Gasteiger partial charge in [0, 0.05) is 36.5 Å². The smallest absolute Gasteiger partial charge is 0.273 e. The fraction of sp³-hybridized carbons (Fsp3) is 0.762. The predicted octanol–water partition coefficient (Wildman–Crippen LogP) is 2.71. The molecule has 1 spiro atoms. The van der Waals surface area contributed by atoms with Gasteiger partial charge in [-0.3, -0.25) is 9.59 Å². The molecular formula is C21H32N4O3. The van der Waals surface area contributed by atoms with E-state index in [1.165, 1.54) is 6.42 Å². The molecule has 0 radical (unpaired) electrons. The highest BCUT2D eigenvalue weighted by atomic mass is 16.5. The van der Waals surface area contributed by atoms with Gasteiger partial charge in [0.05, 0.1) is 0 Å². The van der Waals surface area contributed by atoms with Gasteiger partial charge in [0.1, 0.15) is 5.76 Å². The second-order valence-corrected chi connectivity index (χ2v) is 8.77. The molecule has 1 aromatic rings. The molecule has 2 aliphatic carbocycles. The van der Waals surface area contributed by atoms with Crippen LogP contribution in [0.25, 0.3) is 0 Å². The molecule has 0 aromatic carbocycles. The number of aromatic nitrogens is 1. The lowest BCUT2D eigenvalue weighted by atomic mass is 9.73. The lowest BCUT2D eigenvalue weighted by Gasteiger charge is -2.52. The van der Waals surface area contributed by atoms with E-state index in [0.29, 0.717) is 31.1 Å². The summed E-state index contributed by atoms with van der Waals surface area (Å²) in [6, 6.07) is 1.86. The molecule has 3 fully saturated rings. The molecule has 2 amide bonds. The molecule has 1 atom stereocenters. The van der Waals surface area contributed by atoms with Crippen molar-refractivity contribution in [2.75, 3.05) is 13.1 Å². The minimum Gasteiger partial charge on any atom is -0.360 e. The zero-order valence-corrected chi connectivity index (χ0v) is 16.6. The van der Waals surface area contributed by atoms with Crippen LogP contribution in [0.3, 0.4) is 0 Å². The van der Waals surface area contributed by atoms with Gasteiger partial charge in [0.15, 0.2) is 5.69 Å². The number of amides is 2. The molecule has 28 heavy (non-hydrogen) atoms. The van der Waals surface area contributed by atoms with Crippen molar-refractivity contribution in [1.29, 1.82) is 0 Å². The van der Waals surface area contributed by atoms with Crippen molar-refractivity contribution >= 4 is 11.8 Å². The Balaban J connectivity index is 1.41. The molecule has 0 bridgehead atoms. The van der Waals surface area contributed by atoms with E-state index in [2.05, 4.69) is 15.4 Å². The highest BCUT2D eigenvalue weighted by Gasteiger charge is 2.45. The van der Waals surface area contributed by atoms with Crippen molar-refractivity contribution < 1.29 is 14.1 Å². The third kappa shape index (κ3) is 4.09.